The highest BCUT2D eigenvalue weighted by atomic mass is 16.4. The van der Waals surface area contributed by atoms with Crippen molar-refractivity contribution in [1.82, 2.24) is 4.57 Å². The lowest BCUT2D eigenvalue weighted by Gasteiger charge is -2.20. The van der Waals surface area contributed by atoms with Crippen LogP contribution in [0.1, 0.15) is 90.2 Å². The molecule has 232 valence electrons. The summed E-state index contributed by atoms with van der Waals surface area (Å²) in [6, 6.07) is 34.1. The van der Waals surface area contributed by atoms with Gasteiger partial charge in [-0.05, 0) is 95.5 Å². The fourth-order valence-electron chi connectivity index (χ4n) is 6.35. The van der Waals surface area contributed by atoms with Crippen LogP contribution in [-0.2, 0) is 30.5 Å². The molecule has 4 heteroatoms. The summed E-state index contributed by atoms with van der Waals surface area (Å²) in [7, 11) is 0. The first-order valence-corrected chi connectivity index (χ1v) is 16.3. The summed E-state index contributed by atoms with van der Waals surface area (Å²) < 4.78 is 1.71. The minimum atomic E-state index is -0.802. The molecule has 4 aromatic carbocycles. The molecule has 0 aliphatic heterocycles. The molecule has 1 aromatic heterocycles. The minimum absolute atomic E-state index is 0.0831. The van der Waals surface area contributed by atoms with Crippen LogP contribution in [0.4, 0.5) is 0 Å². The third-order valence-corrected chi connectivity index (χ3v) is 8.54. The third kappa shape index (κ3) is 8.19. The Morgan fingerprint density at radius 3 is 1.71 bits per heavy atom. The van der Waals surface area contributed by atoms with Gasteiger partial charge in [0.1, 0.15) is 0 Å². The maximum atomic E-state index is 13.7. The zero-order valence-corrected chi connectivity index (χ0v) is 27.0. The van der Waals surface area contributed by atoms with Crippen LogP contribution in [0.15, 0.2) is 103 Å². The molecule has 1 N–H and O–H groups in total. The van der Waals surface area contributed by atoms with Crippen LogP contribution < -0.4 is 0 Å². The smallest absolute Gasteiger partial charge is 0.303 e. The van der Waals surface area contributed by atoms with E-state index >= 15 is 0 Å². The summed E-state index contributed by atoms with van der Waals surface area (Å²) in [5, 5.41) is 10.1. The number of carbonyl (C=O) groups excluding carboxylic acids is 1. The van der Waals surface area contributed by atoms with Crippen molar-refractivity contribution in [2.24, 2.45) is 11.8 Å². The molecule has 1 heterocycles. The van der Waals surface area contributed by atoms with Crippen molar-refractivity contribution in [3.8, 4) is 0 Å². The Morgan fingerprint density at radius 1 is 0.667 bits per heavy atom. The van der Waals surface area contributed by atoms with Crippen molar-refractivity contribution < 1.29 is 14.7 Å². The molecule has 5 aromatic rings. The molecule has 0 saturated heterocycles. The van der Waals surface area contributed by atoms with Crippen molar-refractivity contribution in [1.29, 1.82) is 0 Å². The van der Waals surface area contributed by atoms with E-state index in [4.69, 9.17) is 5.11 Å². The molecule has 45 heavy (non-hydrogen) atoms. The zero-order chi connectivity index (χ0) is 31.9. The van der Waals surface area contributed by atoms with Gasteiger partial charge >= 0.3 is 5.97 Å². The Bertz CT molecular complexity index is 1670. The Balaban J connectivity index is 1.39. The maximum absolute atomic E-state index is 13.7. The van der Waals surface area contributed by atoms with Gasteiger partial charge in [-0.2, -0.15) is 0 Å². The second kappa shape index (κ2) is 14.6. The number of carbonyl (C=O) groups is 2. The number of carboxylic acids is 1. The molecule has 0 spiro atoms. The van der Waals surface area contributed by atoms with Crippen LogP contribution >= 0.6 is 0 Å². The monoisotopic (exact) mass is 599 g/mol. The van der Waals surface area contributed by atoms with Crippen molar-refractivity contribution >= 4 is 22.8 Å². The van der Waals surface area contributed by atoms with E-state index in [1.165, 1.54) is 27.8 Å². The molecule has 0 aliphatic rings. The first-order valence-electron chi connectivity index (χ1n) is 16.3. The van der Waals surface area contributed by atoms with Crippen LogP contribution in [0, 0.1) is 11.8 Å². The number of hydrogen-bond acceptors (Lipinski definition) is 2. The summed E-state index contributed by atoms with van der Waals surface area (Å²) in [5.74, 6) is 0.557. The molecule has 0 unspecified atom stereocenters. The number of aliphatic carboxylic acids is 1. The number of aryl methyl sites for hydroxylation is 1. The Hall–Kier alpha value is -4.44. The van der Waals surface area contributed by atoms with Crippen LogP contribution in [-0.4, -0.2) is 21.6 Å². The predicted octanol–water partition coefficient (Wildman–Crippen LogP) is 9.51. The van der Waals surface area contributed by atoms with E-state index in [-0.39, 0.29) is 18.2 Å². The Morgan fingerprint density at radius 2 is 1.18 bits per heavy atom. The fourth-order valence-corrected chi connectivity index (χ4v) is 6.35. The summed E-state index contributed by atoms with van der Waals surface area (Å²) in [4.78, 5) is 24.8. The molecule has 0 atom stereocenters. The number of benzene rings is 4. The number of fused-ring (bicyclic) bond motifs is 1. The first kappa shape index (κ1) is 32.0. The average Bonchev–Trinajstić information content (AvgIpc) is 3.38. The highest BCUT2D eigenvalue weighted by Crippen LogP contribution is 2.31. The van der Waals surface area contributed by atoms with Crippen molar-refractivity contribution in [3.63, 3.8) is 0 Å². The van der Waals surface area contributed by atoms with Crippen molar-refractivity contribution in [3.05, 3.63) is 142 Å². The van der Waals surface area contributed by atoms with E-state index in [1.54, 1.807) is 4.57 Å². The minimum Gasteiger partial charge on any atom is -0.481 e. The van der Waals surface area contributed by atoms with Gasteiger partial charge in [0, 0.05) is 29.5 Å². The Labute approximate surface area is 267 Å². The van der Waals surface area contributed by atoms with E-state index in [1.807, 2.05) is 42.6 Å². The molecule has 0 saturated carbocycles. The lowest BCUT2D eigenvalue weighted by atomic mass is 9.84. The standard InChI is InChI=1S/C41H45NO3/c1-28(2)24-30-12-18-33(19-13-30)38(34-20-14-31(15-21-34)25-29(3)4)26-32-16-22-35(23-17-32)41(45)42-27-36(8-7-11-40(43)44)37-9-5-6-10-39(37)42/h5-6,9-10,12-23,27-29,38H,7-8,11,24-26H2,1-4H3,(H,43,44). The molecular formula is C41H45NO3. The lowest BCUT2D eigenvalue weighted by Crippen LogP contribution is -2.11. The van der Waals surface area contributed by atoms with Gasteiger partial charge in [0.2, 0.25) is 0 Å². The Kier molecular flexibility index (Phi) is 10.3. The molecule has 0 fully saturated rings. The van der Waals surface area contributed by atoms with Crippen LogP contribution in [0.2, 0.25) is 0 Å². The summed E-state index contributed by atoms with van der Waals surface area (Å²) in [6.45, 7) is 9.02. The van der Waals surface area contributed by atoms with Crippen molar-refractivity contribution in [2.75, 3.05) is 0 Å². The summed E-state index contributed by atoms with van der Waals surface area (Å²) in [5.41, 5.74) is 8.99. The van der Waals surface area contributed by atoms with E-state index < -0.39 is 5.97 Å². The van der Waals surface area contributed by atoms with Gasteiger partial charge in [-0.15, -0.1) is 0 Å². The molecule has 0 radical (unpaired) electrons. The number of carboxylic acid groups (broad SMARTS) is 1. The second-order valence-electron chi connectivity index (χ2n) is 13.2. The number of aromatic nitrogens is 1. The first-order chi connectivity index (χ1) is 21.7. The largest absolute Gasteiger partial charge is 0.481 e. The highest BCUT2D eigenvalue weighted by Gasteiger charge is 2.18. The van der Waals surface area contributed by atoms with Gasteiger partial charge in [0.05, 0.1) is 5.52 Å². The third-order valence-electron chi connectivity index (χ3n) is 8.54. The van der Waals surface area contributed by atoms with Gasteiger partial charge in [0.25, 0.3) is 5.91 Å². The lowest BCUT2D eigenvalue weighted by molar-refractivity contribution is -0.137. The quantitative estimate of drug-likeness (QED) is 0.147. The number of hydrogen-bond donors (Lipinski definition) is 1. The van der Waals surface area contributed by atoms with E-state index in [9.17, 15) is 9.59 Å². The molecule has 4 nitrogen and oxygen atoms in total. The second-order valence-corrected chi connectivity index (χ2v) is 13.2. The van der Waals surface area contributed by atoms with Crippen molar-refractivity contribution in [2.45, 2.75) is 72.1 Å². The molecule has 0 bridgehead atoms. The fraction of sp³-hybridized carbons (Fsp3) is 0.317. The number of nitrogens with zero attached hydrogens (tertiary/aromatic N) is 1. The topological polar surface area (TPSA) is 59.3 Å². The summed E-state index contributed by atoms with van der Waals surface area (Å²) >= 11 is 0. The maximum Gasteiger partial charge on any atom is 0.303 e. The normalized spacial score (nSPS) is 11.6. The molecule has 5 rings (SSSR count). The highest BCUT2D eigenvalue weighted by molar-refractivity contribution is 6.03. The average molecular weight is 600 g/mol. The van der Waals surface area contributed by atoms with E-state index in [2.05, 4.69) is 88.4 Å². The van der Waals surface area contributed by atoms with Gasteiger partial charge < -0.3 is 5.11 Å². The number of rotatable bonds is 13. The van der Waals surface area contributed by atoms with Crippen LogP contribution in [0.3, 0.4) is 0 Å². The van der Waals surface area contributed by atoms with E-state index in [0.29, 0.717) is 30.2 Å². The van der Waals surface area contributed by atoms with Crippen LogP contribution in [0.25, 0.3) is 10.9 Å². The predicted molar refractivity (Wildman–Crippen MR) is 184 cm³/mol. The van der Waals surface area contributed by atoms with E-state index in [0.717, 1.165) is 35.7 Å². The SMILES string of the molecule is CC(C)Cc1ccc(C(Cc2ccc(C(=O)n3cc(CCCC(=O)O)c4ccccc43)cc2)c2ccc(CC(C)C)cc2)cc1. The molecule has 0 amide bonds. The van der Waals surface area contributed by atoms with Gasteiger partial charge in [0.15, 0.2) is 0 Å². The van der Waals surface area contributed by atoms with Gasteiger partial charge in [-0.25, -0.2) is 0 Å². The molecule has 0 aliphatic carbocycles. The number of para-hydroxylation sites is 1. The van der Waals surface area contributed by atoms with Crippen LogP contribution in [0.5, 0.6) is 0 Å². The summed E-state index contributed by atoms with van der Waals surface area (Å²) in [6.07, 6.45) is 6.13. The zero-order valence-electron chi connectivity index (χ0n) is 27.0. The van der Waals surface area contributed by atoms with Gasteiger partial charge in [-0.1, -0.05) is 107 Å². The molecular weight excluding hydrogens is 554 g/mol. The van der Waals surface area contributed by atoms with Gasteiger partial charge in [-0.3, -0.25) is 14.2 Å².